The van der Waals surface area contributed by atoms with Crippen LogP contribution in [0.2, 0.25) is 0 Å². The Morgan fingerprint density at radius 2 is 1.78 bits per heavy atom. The van der Waals surface area contributed by atoms with Gasteiger partial charge in [0.15, 0.2) is 11.5 Å². The van der Waals surface area contributed by atoms with Gasteiger partial charge < -0.3 is 9.26 Å². The van der Waals surface area contributed by atoms with Crippen molar-refractivity contribution in [1.29, 1.82) is 0 Å². The van der Waals surface area contributed by atoms with Crippen molar-refractivity contribution >= 4 is 11.8 Å². The number of methoxy groups -OCH3 is 1. The Morgan fingerprint density at radius 3 is 2.48 bits per heavy atom. The smallest absolute Gasteiger partial charge is 0.291 e. The highest BCUT2D eigenvalue weighted by atomic mass is 16.5. The maximum Gasteiger partial charge on any atom is 0.291 e. The summed E-state index contributed by atoms with van der Waals surface area (Å²) in [6, 6.07) is 18.3. The molecule has 2 amide bonds. The van der Waals surface area contributed by atoms with Crippen molar-refractivity contribution in [3.63, 3.8) is 0 Å². The van der Waals surface area contributed by atoms with E-state index in [2.05, 4.69) is 16.0 Å². The van der Waals surface area contributed by atoms with Crippen LogP contribution in [0.25, 0.3) is 11.3 Å². The summed E-state index contributed by atoms with van der Waals surface area (Å²) < 4.78 is 10.3. The first kappa shape index (κ1) is 18.2. The van der Waals surface area contributed by atoms with E-state index in [9.17, 15) is 9.59 Å². The summed E-state index contributed by atoms with van der Waals surface area (Å²) in [5, 5.41) is 3.73. The lowest BCUT2D eigenvalue weighted by Gasteiger charge is -2.06. The highest BCUT2D eigenvalue weighted by Gasteiger charge is 2.14. The SMILES string of the molecule is COc1ccc(CCC(=O)NNC(=O)c2cc(-c3ccccc3)on2)cc1. The first-order valence-corrected chi connectivity index (χ1v) is 8.40. The van der Waals surface area contributed by atoms with E-state index >= 15 is 0 Å². The fourth-order valence-electron chi connectivity index (χ4n) is 2.42. The fraction of sp³-hybridized carbons (Fsp3) is 0.150. The van der Waals surface area contributed by atoms with Crippen molar-refractivity contribution in [3.05, 3.63) is 71.9 Å². The van der Waals surface area contributed by atoms with Crippen LogP contribution in [-0.2, 0) is 11.2 Å². The average molecular weight is 365 g/mol. The van der Waals surface area contributed by atoms with Gasteiger partial charge in [-0.3, -0.25) is 20.4 Å². The van der Waals surface area contributed by atoms with Gasteiger partial charge in [0.1, 0.15) is 5.75 Å². The van der Waals surface area contributed by atoms with Crippen molar-refractivity contribution < 1.29 is 18.8 Å². The second-order valence-corrected chi connectivity index (χ2v) is 5.79. The summed E-state index contributed by atoms with van der Waals surface area (Å²) in [6.07, 6.45) is 0.786. The number of carbonyl (C=O) groups is 2. The number of aryl methyl sites for hydroxylation is 1. The molecule has 0 saturated carbocycles. The summed E-state index contributed by atoms with van der Waals surface area (Å²) in [7, 11) is 1.60. The molecule has 0 bridgehead atoms. The molecule has 2 aromatic carbocycles. The number of hydrogen-bond donors (Lipinski definition) is 2. The first-order valence-electron chi connectivity index (χ1n) is 8.40. The molecule has 2 N–H and O–H groups in total. The Kier molecular flexibility index (Phi) is 5.84. The molecule has 7 heteroatoms. The topological polar surface area (TPSA) is 93.5 Å². The third-order valence-electron chi connectivity index (χ3n) is 3.92. The second-order valence-electron chi connectivity index (χ2n) is 5.79. The molecule has 0 aliphatic carbocycles. The number of benzene rings is 2. The van der Waals surface area contributed by atoms with Gasteiger partial charge in [-0.25, -0.2) is 0 Å². The number of aromatic nitrogens is 1. The number of carbonyl (C=O) groups excluding carboxylic acids is 2. The molecule has 138 valence electrons. The lowest BCUT2D eigenvalue weighted by molar-refractivity contribution is -0.121. The summed E-state index contributed by atoms with van der Waals surface area (Å²) in [6.45, 7) is 0. The van der Waals surface area contributed by atoms with Crippen LogP contribution in [0.4, 0.5) is 0 Å². The highest BCUT2D eigenvalue weighted by molar-refractivity contribution is 5.94. The quantitative estimate of drug-likeness (QED) is 0.655. The van der Waals surface area contributed by atoms with Crippen LogP contribution in [0.1, 0.15) is 22.5 Å². The highest BCUT2D eigenvalue weighted by Crippen LogP contribution is 2.19. The molecule has 0 radical (unpaired) electrons. The minimum absolute atomic E-state index is 0.0873. The molecule has 0 unspecified atom stereocenters. The van der Waals surface area contributed by atoms with Crippen molar-refractivity contribution in [2.75, 3.05) is 7.11 Å². The van der Waals surface area contributed by atoms with E-state index in [4.69, 9.17) is 9.26 Å². The molecule has 0 atom stereocenters. The zero-order valence-corrected chi connectivity index (χ0v) is 14.8. The van der Waals surface area contributed by atoms with E-state index in [0.717, 1.165) is 16.9 Å². The minimum Gasteiger partial charge on any atom is -0.497 e. The van der Waals surface area contributed by atoms with Crippen LogP contribution < -0.4 is 15.6 Å². The zero-order chi connectivity index (χ0) is 19.1. The second kappa shape index (κ2) is 8.66. The molecule has 0 saturated heterocycles. The average Bonchev–Trinajstić information content (AvgIpc) is 3.22. The maximum atomic E-state index is 12.1. The predicted molar refractivity (Wildman–Crippen MR) is 98.9 cm³/mol. The van der Waals surface area contributed by atoms with Gasteiger partial charge in [-0.15, -0.1) is 0 Å². The van der Waals surface area contributed by atoms with Crippen molar-refractivity contribution in [1.82, 2.24) is 16.0 Å². The number of hydrazine groups is 1. The van der Waals surface area contributed by atoms with Gasteiger partial charge in [-0.1, -0.05) is 47.6 Å². The number of rotatable bonds is 6. The van der Waals surface area contributed by atoms with Crippen LogP contribution in [0, 0.1) is 0 Å². The first-order chi connectivity index (χ1) is 13.2. The van der Waals surface area contributed by atoms with Gasteiger partial charge in [0.25, 0.3) is 5.91 Å². The Bertz CT molecular complexity index is 904. The summed E-state index contributed by atoms with van der Waals surface area (Å²) in [5.41, 5.74) is 6.62. The van der Waals surface area contributed by atoms with Gasteiger partial charge in [0.05, 0.1) is 7.11 Å². The molecule has 0 aliphatic heterocycles. The zero-order valence-electron chi connectivity index (χ0n) is 14.8. The van der Waals surface area contributed by atoms with Gasteiger partial charge >= 0.3 is 0 Å². The van der Waals surface area contributed by atoms with E-state index in [-0.39, 0.29) is 18.0 Å². The molecule has 0 fully saturated rings. The number of ether oxygens (including phenoxy) is 1. The van der Waals surface area contributed by atoms with Crippen LogP contribution >= 0.6 is 0 Å². The molecule has 27 heavy (non-hydrogen) atoms. The molecule has 3 rings (SSSR count). The van der Waals surface area contributed by atoms with E-state index < -0.39 is 5.91 Å². The van der Waals surface area contributed by atoms with Gasteiger partial charge in [0.2, 0.25) is 5.91 Å². The van der Waals surface area contributed by atoms with E-state index in [1.165, 1.54) is 6.07 Å². The van der Waals surface area contributed by atoms with E-state index in [1.54, 1.807) is 7.11 Å². The molecule has 0 spiro atoms. The molecule has 1 aromatic heterocycles. The molecule has 3 aromatic rings. The number of nitrogens with zero attached hydrogens (tertiary/aromatic N) is 1. The van der Waals surface area contributed by atoms with Crippen LogP contribution in [0.3, 0.4) is 0 Å². The van der Waals surface area contributed by atoms with Crippen LogP contribution in [-0.4, -0.2) is 24.1 Å². The lowest BCUT2D eigenvalue weighted by atomic mass is 10.1. The number of nitrogens with one attached hydrogen (secondary N) is 2. The van der Waals surface area contributed by atoms with Crippen LogP contribution in [0.5, 0.6) is 5.75 Å². The Labute approximate surface area is 156 Å². The standard InChI is InChI=1S/C20H19N3O4/c1-26-16-10-7-14(8-11-16)9-12-19(24)21-22-20(25)17-13-18(27-23-17)15-5-3-2-4-6-15/h2-8,10-11,13H,9,12H2,1H3,(H,21,24)(H,22,25). The third kappa shape index (κ3) is 4.94. The van der Waals surface area contributed by atoms with Crippen molar-refractivity contribution in [2.24, 2.45) is 0 Å². The largest absolute Gasteiger partial charge is 0.497 e. The normalized spacial score (nSPS) is 10.3. The third-order valence-corrected chi connectivity index (χ3v) is 3.92. The van der Waals surface area contributed by atoms with Gasteiger partial charge in [-0.05, 0) is 24.1 Å². The van der Waals surface area contributed by atoms with Gasteiger partial charge in [-0.2, -0.15) is 0 Å². The van der Waals surface area contributed by atoms with Gasteiger partial charge in [0, 0.05) is 18.1 Å². The number of hydrogen-bond acceptors (Lipinski definition) is 5. The lowest BCUT2D eigenvalue weighted by Crippen LogP contribution is -2.41. The Hall–Kier alpha value is -3.61. The maximum absolute atomic E-state index is 12.1. The molecule has 7 nitrogen and oxygen atoms in total. The predicted octanol–water partition coefficient (Wildman–Crippen LogP) is 2.74. The van der Waals surface area contributed by atoms with E-state index in [1.807, 2.05) is 54.6 Å². The molecule has 1 heterocycles. The molecular weight excluding hydrogens is 346 g/mol. The van der Waals surface area contributed by atoms with Crippen molar-refractivity contribution in [2.45, 2.75) is 12.8 Å². The summed E-state index contributed by atoms with van der Waals surface area (Å²) >= 11 is 0. The summed E-state index contributed by atoms with van der Waals surface area (Å²) in [4.78, 5) is 24.0. The fourth-order valence-corrected chi connectivity index (χ4v) is 2.42. The van der Waals surface area contributed by atoms with Crippen molar-refractivity contribution in [3.8, 4) is 17.1 Å². The minimum atomic E-state index is -0.543. The molecular formula is C20H19N3O4. The monoisotopic (exact) mass is 365 g/mol. The van der Waals surface area contributed by atoms with E-state index in [0.29, 0.717) is 12.2 Å². The molecule has 0 aliphatic rings. The number of amides is 2. The summed E-state index contributed by atoms with van der Waals surface area (Å²) in [5.74, 6) is 0.397. The Morgan fingerprint density at radius 1 is 1.04 bits per heavy atom. The Balaban J connectivity index is 1.47. The van der Waals surface area contributed by atoms with Crippen LogP contribution in [0.15, 0.2) is 65.2 Å².